The van der Waals surface area contributed by atoms with E-state index in [9.17, 15) is 4.79 Å². The van der Waals surface area contributed by atoms with Crippen molar-refractivity contribution in [1.29, 1.82) is 0 Å². The highest BCUT2D eigenvalue weighted by Gasteiger charge is 2.40. The van der Waals surface area contributed by atoms with Crippen LogP contribution in [0.15, 0.2) is 34.4 Å². The first kappa shape index (κ1) is 13.3. The standard InChI is InChI=1S/C14H16N2O3/c1-4-19-13(17)11(16-18)12-14(2,3)9-7-5-6-8-10(9)15-12/h5-8,18H,4H2,1-3H3/b16-11-. The summed E-state index contributed by atoms with van der Waals surface area (Å²) in [6.07, 6.45) is 0. The third kappa shape index (κ3) is 2.12. The maximum atomic E-state index is 11.8. The van der Waals surface area contributed by atoms with E-state index in [0.717, 1.165) is 11.3 Å². The van der Waals surface area contributed by atoms with Gasteiger partial charge in [-0.1, -0.05) is 23.4 Å². The first-order valence-corrected chi connectivity index (χ1v) is 6.10. The van der Waals surface area contributed by atoms with Crippen LogP contribution in [0.5, 0.6) is 0 Å². The quantitative estimate of drug-likeness (QED) is 0.392. The summed E-state index contributed by atoms with van der Waals surface area (Å²) in [5.41, 5.74) is 1.58. The van der Waals surface area contributed by atoms with Gasteiger partial charge in [0.05, 0.1) is 18.0 Å². The lowest BCUT2D eigenvalue weighted by atomic mass is 9.80. The van der Waals surface area contributed by atoms with Gasteiger partial charge in [0, 0.05) is 5.41 Å². The molecule has 0 saturated carbocycles. The molecule has 1 aliphatic heterocycles. The van der Waals surface area contributed by atoms with E-state index in [-0.39, 0.29) is 12.3 Å². The lowest BCUT2D eigenvalue weighted by molar-refractivity contribution is -0.134. The summed E-state index contributed by atoms with van der Waals surface area (Å²) in [4.78, 5) is 16.2. The normalized spacial score (nSPS) is 16.8. The van der Waals surface area contributed by atoms with Crippen molar-refractivity contribution < 1.29 is 14.7 Å². The summed E-state index contributed by atoms with van der Waals surface area (Å²) in [6, 6.07) is 7.61. The highest BCUT2D eigenvalue weighted by atomic mass is 16.5. The van der Waals surface area contributed by atoms with Gasteiger partial charge in [0.1, 0.15) is 0 Å². The molecule has 0 aliphatic carbocycles. The number of para-hydroxylation sites is 1. The van der Waals surface area contributed by atoms with Crippen molar-refractivity contribution in [2.75, 3.05) is 6.61 Å². The molecule has 0 aromatic heterocycles. The zero-order chi connectivity index (χ0) is 14.0. The van der Waals surface area contributed by atoms with E-state index in [1.165, 1.54) is 0 Å². The van der Waals surface area contributed by atoms with Crippen LogP contribution >= 0.6 is 0 Å². The molecule has 1 heterocycles. The topological polar surface area (TPSA) is 71.2 Å². The van der Waals surface area contributed by atoms with Crippen LogP contribution in [0.25, 0.3) is 0 Å². The van der Waals surface area contributed by atoms with Crippen molar-refractivity contribution in [1.82, 2.24) is 0 Å². The summed E-state index contributed by atoms with van der Waals surface area (Å²) in [6.45, 7) is 5.78. The monoisotopic (exact) mass is 260 g/mol. The van der Waals surface area contributed by atoms with Crippen molar-refractivity contribution in [3.05, 3.63) is 29.8 Å². The molecule has 1 N–H and O–H groups in total. The summed E-state index contributed by atoms with van der Waals surface area (Å²) in [5, 5.41) is 12.2. The fourth-order valence-electron chi connectivity index (χ4n) is 2.22. The van der Waals surface area contributed by atoms with Crippen LogP contribution in [0.4, 0.5) is 5.69 Å². The Labute approximate surface area is 111 Å². The first-order valence-electron chi connectivity index (χ1n) is 6.10. The summed E-state index contributed by atoms with van der Waals surface area (Å²) in [7, 11) is 0. The van der Waals surface area contributed by atoms with Crippen LogP contribution in [0, 0.1) is 0 Å². The molecular formula is C14H16N2O3. The average Bonchev–Trinajstić information content (AvgIpc) is 2.64. The average molecular weight is 260 g/mol. The molecule has 0 amide bonds. The van der Waals surface area contributed by atoms with Gasteiger partial charge in [0.25, 0.3) is 0 Å². The van der Waals surface area contributed by atoms with E-state index in [2.05, 4.69) is 10.1 Å². The van der Waals surface area contributed by atoms with Gasteiger partial charge in [-0.2, -0.15) is 0 Å². The van der Waals surface area contributed by atoms with Gasteiger partial charge in [0.2, 0.25) is 5.71 Å². The van der Waals surface area contributed by atoms with Crippen LogP contribution < -0.4 is 0 Å². The number of benzene rings is 1. The zero-order valence-corrected chi connectivity index (χ0v) is 11.2. The number of ether oxygens (including phenoxy) is 1. The zero-order valence-electron chi connectivity index (χ0n) is 11.2. The molecule has 2 rings (SSSR count). The molecule has 0 spiro atoms. The number of oxime groups is 1. The Balaban J connectivity index is 2.45. The minimum atomic E-state index is -0.662. The predicted octanol–water partition coefficient (Wildman–Crippen LogP) is 2.44. The summed E-state index contributed by atoms with van der Waals surface area (Å²) < 4.78 is 4.89. The highest BCUT2D eigenvalue weighted by Crippen LogP contribution is 2.40. The highest BCUT2D eigenvalue weighted by molar-refractivity contribution is 6.67. The van der Waals surface area contributed by atoms with Crippen LogP contribution in [0.3, 0.4) is 0 Å². The molecule has 1 aliphatic rings. The molecule has 1 aromatic carbocycles. The fourth-order valence-corrected chi connectivity index (χ4v) is 2.22. The van der Waals surface area contributed by atoms with Crippen molar-refractivity contribution in [3.63, 3.8) is 0 Å². The van der Waals surface area contributed by atoms with E-state index in [1.54, 1.807) is 6.92 Å². The van der Waals surface area contributed by atoms with Gasteiger partial charge < -0.3 is 9.94 Å². The minimum Gasteiger partial charge on any atom is -0.461 e. The molecule has 0 bridgehead atoms. The van der Waals surface area contributed by atoms with Crippen molar-refractivity contribution in [2.45, 2.75) is 26.2 Å². The molecular weight excluding hydrogens is 244 g/mol. The van der Waals surface area contributed by atoms with Gasteiger partial charge in [-0.25, -0.2) is 9.79 Å². The van der Waals surface area contributed by atoms with Crippen molar-refractivity contribution in [3.8, 4) is 0 Å². The molecule has 5 heteroatoms. The Morgan fingerprint density at radius 2 is 2.11 bits per heavy atom. The number of aliphatic imine (C=N–C) groups is 1. The molecule has 0 fully saturated rings. The second-order valence-electron chi connectivity index (χ2n) is 4.77. The number of carbonyl (C=O) groups excluding carboxylic acids is 1. The number of carbonyl (C=O) groups is 1. The SMILES string of the molecule is CCOC(=O)/C(=N\O)C1=Nc2ccccc2C1(C)C. The van der Waals surface area contributed by atoms with Gasteiger partial charge in [-0.15, -0.1) is 0 Å². The first-order chi connectivity index (χ1) is 9.02. The third-order valence-electron chi connectivity index (χ3n) is 3.19. The molecule has 100 valence electrons. The van der Waals surface area contributed by atoms with Crippen molar-refractivity contribution in [2.24, 2.45) is 10.1 Å². The molecule has 5 nitrogen and oxygen atoms in total. The van der Waals surface area contributed by atoms with E-state index < -0.39 is 11.4 Å². The van der Waals surface area contributed by atoms with E-state index in [4.69, 9.17) is 9.94 Å². The Morgan fingerprint density at radius 1 is 1.42 bits per heavy atom. The smallest absolute Gasteiger partial charge is 0.362 e. The van der Waals surface area contributed by atoms with Crippen molar-refractivity contribution >= 4 is 23.1 Å². The second kappa shape index (κ2) is 4.84. The van der Waals surface area contributed by atoms with Gasteiger partial charge in [-0.05, 0) is 32.4 Å². The molecule has 0 saturated heterocycles. The third-order valence-corrected chi connectivity index (χ3v) is 3.19. The number of nitrogens with zero attached hydrogens (tertiary/aromatic N) is 2. The molecule has 19 heavy (non-hydrogen) atoms. The summed E-state index contributed by atoms with van der Waals surface area (Å²) >= 11 is 0. The predicted molar refractivity (Wildman–Crippen MR) is 72.4 cm³/mol. The number of esters is 1. The van der Waals surface area contributed by atoms with E-state index in [1.807, 2.05) is 38.1 Å². The van der Waals surface area contributed by atoms with Crippen LogP contribution in [-0.4, -0.2) is 29.2 Å². The van der Waals surface area contributed by atoms with Gasteiger partial charge in [0.15, 0.2) is 0 Å². The lowest BCUT2D eigenvalue weighted by Crippen LogP contribution is -2.37. The Hall–Kier alpha value is -2.17. The Morgan fingerprint density at radius 3 is 2.68 bits per heavy atom. The number of hydrogen-bond donors (Lipinski definition) is 1. The Kier molecular flexibility index (Phi) is 3.38. The molecule has 0 atom stereocenters. The molecule has 0 radical (unpaired) electrons. The van der Waals surface area contributed by atoms with Gasteiger partial charge in [-0.3, -0.25) is 0 Å². The van der Waals surface area contributed by atoms with E-state index >= 15 is 0 Å². The van der Waals surface area contributed by atoms with Crippen LogP contribution in [0.2, 0.25) is 0 Å². The molecule has 1 aromatic rings. The summed E-state index contributed by atoms with van der Waals surface area (Å²) in [5.74, 6) is -0.662. The fraction of sp³-hybridized carbons (Fsp3) is 0.357. The maximum Gasteiger partial charge on any atom is 0.362 e. The second-order valence-corrected chi connectivity index (χ2v) is 4.77. The number of fused-ring (bicyclic) bond motifs is 1. The van der Waals surface area contributed by atoms with Crippen LogP contribution in [-0.2, 0) is 14.9 Å². The largest absolute Gasteiger partial charge is 0.461 e. The Bertz CT molecular complexity index is 574. The molecule has 0 unspecified atom stereocenters. The van der Waals surface area contributed by atoms with Gasteiger partial charge >= 0.3 is 5.97 Å². The van der Waals surface area contributed by atoms with E-state index in [0.29, 0.717) is 5.71 Å². The minimum absolute atomic E-state index is 0.136. The number of rotatable bonds is 3. The van der Waals surface area contributed by atoms with Crippen LogP contribution in [0.1, 0.15) is 26.3 Å². The number of hydrogen-bond acceptors (Lipinski definition) is 5. The maximum absolute atomic E-state index is 11.8. The lowest BCUT2D eigenvalue weighted by Gasteiger charge is -2.21.